The van der Waals surface area contributed by atoms with Crippen LogP contribution in [0, 0.1) is 26.2 Å². The standard InChI is InChI=1S/C20H23N3O2/c1-12-8-14(3)18-15(9-12)13(2)10-16(21-18)23-19(25)20(6-4-5-7-20)11-17(24)22-23/h8-10H,4-7,11H2,1-3H3,(H,22,24). The quantitative estimate of drug-likeness (QED) is 0.866. The molecule has 25 heavy (non-hydrogen) atoms. The van der Waals surface area contributed by atoms with Crippen molar-refractivity contribution in [2.45, 2.75) is 52.9 Å². The van der Waals surface area contributed by atoms with Crippen molar-refractivity contribution in [3.8, 4) is 0 Å². The van der Waals surface area contributed by atoms with Gasteiger partial charge in [-0.05, 0) is 56.9 Å². The highest BCUT2D eigenvalue weighted by Crippen LogP contribution is 2.44. The van der Waals surface area contributed by atoms with Gasteiger partial charge in [0.25, 0.3) is 5.91 Å². The number of hydrazine groups is 1. The number of hydrogen-bond acceptors (Lipinski definition) is 3. The van der Waals surface area contributed by atoms with Crippen LogP contribution < -0.4 is 10.4 Å². The fourth-order valence-electron chi connectivity index (χ4n) is 4.38. The third kappa shape index (κ3) is 2.49. The maximum absolute atomic E-state index is 13.2. The lowest BCUT2D eigenvalue weighted by molar-refractivity contribution is -0.140. The number of nitrogens with zero attached hydrogens (tertiary/aromatic N) is 2. The number of carbonyl (C=O) groups excluding carboxylic acids is 2. The van der Waals surface area contributed by atoms with Crippen LogP contribution in [0.15, 0.2) is 18.2 Å². The Hall–Kier alpha value is -2.43. The molecule has 0 atom stereocenters. The third-order valence-electron chi connectivity index (χ3n) is 5.62. The molecule has 1 aliphatic heterocycles. The Morgan fingerprint density at radius 1 is 1.04 bits per heavy atom. The van der Waals surface area contributed by atoms with E-state index in [9.17, 15) is 9.59 Å². The molecular weight excluding hydrogens is 314 g/mol. The third-order valence-corrected chi connectivity index (χ3v) is 5.62. The number of hydrogen-bond donors (Lipinski definition) is 1. The Morgan fingerprint density at radius 3 is 2.48 bits per heavy atom. The summed E-state index contributed by atoms with van der Waals surface area (Å²) in [6.07, 6.45) is 3.90. The number of fused-ring (bicyclic) bond motifs is 1. The van der Waals surface area contributed by atoms with Crippen molar-refractivity contribution in [3.05, 3.63) is 34.9 Å². The van der Waals surface area contributed by atoms with Crippen molar-refractivity contribution in [3.63, 3.8) is 0 Å². The number of pyridine rings is 1. The molecule has 4 rings (SSSR count). The van der Waals surface area contributed by atoms with Gasteiger partial charge in [0.2, 0.25) is 5.91 Å². The summed E-state index contributed by atoms with van der Waals surface area (Å²) in [5.41, 5.74) is 6.41. The molecule has 2 heterocycles. The molecular formula is C20H23N3O2. The first-order chi connectivity index (χ1) is 11.9. The number of amides is 2. The smallest absolute Gasteiger partial charge is 0.253 e. The van der Waals surface area contributed by atoms with E-state index in [1.165, 1.54) is 10.6 Å². The molecule has 5 nitrogen and oxygen atoms in total. The molecule has 1 aliphatic carbocycles. The van der Waals surface area contributed by atoms with Crippen LogP contribution in [-0.2, 0) is 9.59 Å². The second-order valence-electron chi connectivity index (χ2n) is 7.62. The second kappa shape index (κ2) is 5.55. The molecule has 1 N–H and O–H groups in total. The molecule has 1 aromatic heterocycles. The lowest BCUT2D eigenvalue weighted by atomic mass is 9.80. The summed E-state index contributed by atoms with van der Waals surface area (Å²) in [5, 5.41) is 2.48. The SMILES string of the molecule is Cc1cc(C)c2nc(N3NC(=O)CC4(CCCC4)C3=O)cc(C)c2c1. The topological polar surface area (TPSA) is 62.3 Å². The van der Waals surface area contributed by atoms with Crippen LogP contribution in [-0.4, -0.2) is 16.8 Å². The molecule has 2 aromatic rings. The Bertz CT molecular complexity index is 897. The average molecular weight is 337 g/mol. The first kappa shape index (κ1) is 16.1. The summed E-state index contributed by atoms with van der Waals surface area (Å²) in [7, 11) is 0. The van der Waals surface area contributed by atoms with Gasteiger partial charge >= 0.3 is 0 Å². The Balaban J connectivity index is 1.83. The highest BCUT2D eigenvalue weighted by molar-refractivity contribution is 6.05. The highest BCUT2D eigenvalue weighted by atomic mass is 16.2. The van der Waals surface area contributed by atoms with Crippen LogP contribution in [0.4, 0.5) is 5.82 Å². The Kier molecular flexibility index (Phi) is 3.56. The van der Waals surface area contributed by atoms with E-state index in [1.54, 1.807) is 0 Å². The Morgan fingerprint density at radius 2 is 1.76 bits per heavy atom. The maximum atomic E-state index is 13.2. The summed E-state index contributed by atoms with van der Waals surface area (Å²) in [6, 6.07) is 6.10. The van der Waals surface area contributed by atoms with Crippen molar-refractivity contribution in [2.75, 3.05) is 5.01 Å². The first-order valence-electron chi connectivity index (χ1n) is 8.92. The van der Waals surface area contributed by atoms with Crippen molar-refractivity contribution >= 4 is 28.5 Å². The van der Waals surface area contributed by atoms with Gasteiger partial charge in [-0.3, -0.25) is 15.0 Å². The Labute approximate surface area is 147 Å². The summed E-state index contributed by atoms with van der Waals surface area (Å²) in [5.74, 6) is 0.406. The highest BCUT2D eigenvalue weighted by Gasteiger charge is 2.49. The number of benzene rings is 1. The van der Waals surface area contributed by atoms with Crippen LogP contribution in [0.5, 0.6) is 0 Å². The molecule has 130 valence electrons. The number of nitrogens with one attached hydrogen (secondary N) is 1. The zero-order valence-corrected chi connectivity index (χ0v) is 15.0. The molecule has 1 saturated heterocycles. The molecule has 2 aliphatic rings. The molecule has 0 unspecified atom stereocenters. The molecule has 5 heteroatoms. The number of carbonyl (C=O) groups is 2. The summed E-state index contributed by atoms with van der Waals surface area (Å²) < 4.78 is 0. The lowest BCUT2D eigenvalue weighted by Gasteiger charge is -2.38. The predicted molar refractivity (Wildman–Crippen MR) is 97.1 cm³/mol. The van der Waals surface area contributed by atoms with Gasteiger partial charge in [-0.1, -0.05) is 24.5 Å². The monoisotopic (exact) mass is 337 g/mol. The van der Waals surface area contributed by atoms with E-state index in [-0.39, 0.29) is 11.8 Å². The van der Waals surface area contributed by atoms with Gasteiger partial charge in [-0.25, -0.2) is 9.99 Å². The number of aryl methyl sites for hydroxylation is 3. The second-order valence-corrected chi connectivity index (χ2v) is 7.62. The normalized spacial score (nSPS) is 19.7. The van der Waals surface area contributed by atoms with Gasteiger partial charge in [0.1, 0.15) is 0 Å². The van der Waals surface area contributed by atoms with Crippen LogP contribution in [0.25, 0.3) is 10.9 Å². The van der Waals surface area contributed by atoms with E-state index in [2.05, 4.69) is 24.5 Å². The van der Waals surface area contributed by atoms with Crippen LogP contribution in [0.3, 0.4) is 0 Å². The van der Waals surface area contributed by atoms with E-state index < -0.39 is 5.41 Å². The van der Waals surface area contributed by atoms with E-state index in [4.69, 9.17) is 4.98 Å². The minimum Gasteiger partial charge on any atom is -0.273 e. The number of rotatable bonds is 1. The van der Waals surface area contributed by atoms with Gasteiger partial charge < -0.3 is 0 Å². The molecule has 0 radical (unpaired) electrons. The largest absolute Gasteiger partial charge is 0.273 e. The van der Waals surface area contributed by atoms with Gasteiger partial charge in [-0.15, -0.1) is 0 Å². The fourth-order valence-corrected chi connectivity index (χ4v) is 4.38. The predicted octanol–water partition coefficient (Wildman–Crippen LogP) is 3.49. The van der Waals surface area contributed by atoms with Crippen LogP contribution >= 0.6 is 0 Å². The summed E-state index contributed by atoms with van der Waals surface area (Å²) in [6.45, 7) is 6.12. The van der Waals surface area contributed by atoms with Gasteiger partial charge in [0, 0.05) is 11.8 Å². The van der Waals surface area contributed by atoms with Crippen LogP contribution in [0.2, 0.25) is 0 Å². The van der Waals surface area contributed by atoms with Crippen molar-refractivity contribution < 1.29 is 9.59 Å². The van der Waals surface area contributed by atoms with Crippen molar-refractivity contribution in [1.29, 1.82) is 0 Å². The summed E-state index contributed by atoms with van der Waals surface area (Å²) in [4.78, 5) is 30.2. The van der Waals surface area contributed by atoms with Gasteiger partial charge in [-0.2, -0.15) is 0 Å². The van der Waals surface area contributed by atoms with Gasteiger partial charge in [0.15, 0.2) is 5.82 Å². The molecule has 0 bridgehead atoms. The van der Waals surface area contributed by atoms with Crippen molar-refractivity contribution in [2.24, 2.45) is 5.41 Å². The van der Waals surface area contributed by atoms with E-state index in [0.29, 0.717) is 12.2 Å². The maximum Gasteiger partial charge on any atom is 0.253 e. The average Bonchev–Trinajstić information content (AvgIpc) is 3.01. The van der Waals surface area contributed by atoms with E-state index in [0.717, 1.165) is 47.7 Å². The molecule has 1 aromatic carbocycles. The summed E-state index contributed by atoms with van der Waals surface area (Å²) >= 11 is 0. The minimum absolute atomic E-state index is 0.0133. The molecule has 2 amide bonds. The van der Waals surface area contributed by atoms with Crippen molar-refractivity contribution in [1.82, 2.24) is 10.4 Å². The molecule has 2 fully saturated rings. The first-order valence-corrected chi connectivity index (χ1v) is 8.92. The van der Waals surface area contributed by atoms with Crippen LogP contribution in [0.1, 0.15) is 48.8 Å². The fraction of sp³-hybridized carbons (Fsp3) is 0.450. The molecule has 1 saturated carbocycles. The zero-order chi connectivity index (χ0) is 17.8. The minimum atomic E-state index is -0.533. The lowest BCUT2D eigenvalue weighted by Crippen LogP contribution is -2.59. The zero-order valence-electron chi connectivity index (χ0n) is 15.0. The van der Waals surface area contributed by atoms with E-state index in [1.807, 2.05) is 19.9 Å². The molecule has 1 spiro atoms. The number of aromatic nitrogens is 1. The number of anilines is 1. The van der Waals surface area contributed by atoms with Gasteiger partial charge in [0.05, 0.1) is 10.9 Å². The van der Waals surface area contributed by atoms with E-state index >= 15 is 0 Å².